The zero-order chi connectivity index (χ0) is 21.7. The Morgan fingerprint density at radius 1 is 1.20 bits per heavy atom. The van der Waals surface area contributed by atoms with E-state index >= 15 is 0 Å². The molecule has 0 spiro atoms. The molecule has 2 heterocycles. The first-order valence-corrected chi connectivity index (χ1v) is 10.6. The van der Waals surface area contributed by atoms with Gasteiger partial charge in [0.2, 0.25) is 11.7 Å². The Labute approximate surface area is 182 Å². The highest BCUT2D eigenvalue weighted by Crippen LogP contribution is 2.37. The largest absolute Gasteiger partial charge is 0.450 e. The lowest BCUT2D eigenvalue weighted by molar-refractivity contribution is 0.101. The first kappa shape index (κ1) is 22.0. The van der Waals surface area contributed by atoms with Crippen molar-refractivity contribution in [3.8, 4) is 0 Å². The van der Waals surface area contributed by atoms with E-state index in [9.17, 15) is 14.0 Å². The van der Waals surface area contributed by atoms with Gasteiger partial charge in [0, 0.05) is 28.2 Å². The topological polar surface area (TPSA) is 72.6 Å². The van der Waals surface area contributed by atoms with Crippen molar-refractivity contribution in [2.24, 2.45) is 0 Å². The van der Waals surface area contributed by atoms with Crippen molar-refractivity contribution in [3.05, 3.63) is 58.3 Å². The number of ketones is 1. The van der Waals surface area contributed by atoms with Crippen molar-refractivity contribution in [1.82, 2.24) is 4.98 Å². The molecule has 0 saturated carbocycles. The van der Waals surface area contributed by atoms with Crippen LogP contribution in [-0.4, -0.2) is 30.0 Å². The van der Waals surface area contributed by atoms with E-state index in [1.165, 1.54) is 11.0 Å². The van der Waals surface area contributed by atoms with Crippen molar-refractivity contribution in [1.29, 1.82) is 0 Å². The highest BCUT2D eigenvalue weighted by molar-refractivity contribution is 9.10. The number of carbonyl (C=O) groups excluding carboxylic acids is 2. The molecule has 1 aromatic carbocycles. The van der Waals surface area contributed by atoms with Gasteiger partial charge in [-0.05, 0) is 43.7 Å². The smallest absolute Gasteiger partial charge is 0.414 e. The lowest BCUT2D eigenvalue weighted by Crippen LogP contribution is -2.33. The fraction of sp³-hybridized carbons (Fsp3) is 0.318. The fourth-order valence-electron chi connectivity index (χ4n) is 3.14. The van der Waals surface area contributed by atoms with Crippen LogP contribution in [0, 0.1) is 5.95 Å². The molecule has 0 atom stereocenters. The van der Waals surface area contributed by atoms with E-state index in [1.54, 1.807) is 25.1 Å². The number of fused-ring (bicyclic) bond motifs is 1. The van der Waals surface area contributed by atoms with Gasteiger partial charge in [-0.15, -0.1) is 0 Å². The van der Waals surface area contributed by atoms with E-state index in [-0.39, 0.29) is 17.9 Å². The molecule has 0 aliphatic heterocycles. The Bertz CT molecular complexity index is 1050. The lowest BCUT2D eigenvalue weighted by atomic mass is 10.1. The van der Waals surface area contributed by atoms with Crippen LogP contribution in [0.5, 0.6) is 0 Å². The summed E-state index contributed by atoms with van der Waals surface area (Å²) in [6.07, 6.45) is 3.22. The van der Waals surface area contributed by atoms with Crippen LogP contribution in [0.3, 0.4) is 0 Å². The maximum atomic E-state index is 13.2. The minimum absolute atomic E-state index is 0.0129. The van der Waals surface area contributed by atoms with E-state index in [0.717, 1.165) is 36.0 Å². The monoisotopic (exact) mass is 476 g/mol. The SMILES string of the molecule is CCCCCN(C(=O)OCC)c1c(C(=O)c2ccc(F)nc2)oc2ccc(Br)cc12. The molecule has 3 rings (SSSR count). The molecule has 0 radical (unpaired) electrons. The summed E-state index contributed by atoms with van der Waals surface area (Å²) in [6.45, 7) is 4.36. The van der Waals surface area contributed by atoms with Gasteiger partial charge in [-0.25, -0.2) is 9.78 Å². The molecule has 0 aliphatic carbocycles. The number of carbonyl (C=O) groups is 2. The number of halogens is 2. The number of nitrogens with zero attached hydrogens (tertiary/aromatic N) is 2. The number of hydrogen-bond acceptors (Lipinski definition) is 5. The van der Waals surface area contributed by atoms with Crippen molar-refractivity contribution < 1.29 is 23.1 Å². The second-order valence-corrected chi connectivity index (χ2v) is 7.59. The number of pyridine rings is 1. The van der Waals surface area contributed by atoms with Gasteiger partial charge in [0.05, 0.1) is 6.61 Å². The van der Waals surface area contributed by atoms with Gasteiger partial charge in [-0.1, -0.05) is 35.7 Å². The molecular formula is C22H22BrFN2O4. The standard InChI is InChI=1S/C22H22BrFN2O4/c1-3-5-6-11-26(22(28)29-4-2)19-16-12-15(23)8-9-17(16)30-21(19)20(27)14-7-10-18(24)25-13-14/h7-10,12-13H,3-6,11H2,1-2H3. The number of furan rings is 1. The summed E-state index contributed by atoms with van der Waals surface area (Å²) in [5.41, 5.74) is 0.958. The summed E-state index contributed by atoms with van der Waals surface area (Å²) < 4.78 is 25.1. The molecule has 0 N–H and O–H groups in total. The fourth-order valence-corrected chi connectivity index (χ4v) is 3.50. The number of unbranched alkanes of at least 4 members (excludes halogenated alkanes) is 2. The number of aromatic nitrogens is 1. The molecule has 0 unspecified atom stereocenters. The third kappa shape index (κ3) is 4.70. The lowest BCUT2D eigenvalue weighted by Gasteiger charge is -2.22. The van der Waals surface area contributed by atoms with Crippen LogP contribution in [0.1, 0.15) is 49.2 Å². The van der Waals surface area contributed by atoms with Crippen molar-refractivity contribution in [2.45, 2.75) is 33.1 Å². The molecule has 30 heavy (non-hydrogen) atoms. The number of ether oxygens (including phenoxy) is 1. The zero-order valence-electron chi connectivity index (χ0n) is 16.8. The predicted molar refractivity (Wildman–Crippen MR) is 115 cm³/mol. The highest BCUT2D eigenvalue weighted by atomic mass is 79.9. The third-order valence-electron chi connectivity index (χ3n) is 4.56. The number of rotatable bonds is 8. The molecule has 8 heteroatoms. The minimum atomic E-state index is -0.687. The first-order valence-electron chi connectivity index (χ1n) is 9.78. The highest BCUT2D eigenvalue weighted by Gasteiger charge is 2.30. The van der Waals surface area contributed by atoms with Gasteiger partial charge in [0.1, 0.15) is 11.3 Å². The van der Waals surface area contributed by atoms with Crippen LogP contribution in [0.25, 0.3) is 11.0 Å². The molecule has 3 aromatic rings. The molecule has 0 saturated heterocycles. The van der Waals surface area contributed by atoms with Crippen LogP contribution in [0.15, 0.2) is 45.4 Å². The molecule has 0 aliphatic rings. The van der Waals surface area contributed by atoms with Gasteiger partial charge in [0.15, 0.2) is 5.76 Å². The number of benzene rings is 1. The van der Waals surface area contributed by atoms with Crippen molar-refractivity contribution >= 4 is 44.5 Å². The molecular weight excluding hydrogens is 455 g/mol. The molecule has 0 bridgehead atoms. The van der Waals surface area contributed by atoms with Gasteiger partial charge >= 0.3 is 6.09 Å². The zero-order valence-corrected chi connectivity index (χ0v) is 18.4. The number of amides is 1. The van der Waals surface area contributed by atoms with E-state index in [0.29, 0.717) is 23.2 Å². The van der Waals surface area contributed by atoms with Crippen molar-refractivity contribution in [3.63, 3.8) is 0 Å². The number of hydrogen-bond donors (Lipinski definition) is 0. The number of anilines is 1. The Balaban J connectivity index is 2.16. The summed E-state index contributed by atoms with van der Waals surface area (Å²) in [5.74, 6) is -1.19. The second-order valence-electron chi connectivity index (χ2n) is 6.68. The molecule has 158 valence electrons. The van der Waals surface area contributed by atoms with Gasteiger partial charge in [-0.3, -0.25) is 9.69 Å². The quantitative estimate of drug-likeness (QED) is 0.222. The maximum absolute atomic E-state index is 13.2. The van der Waals surface area contributed by atoms with Gasteiger partial charge in [-0.2, -0.15) is 4.39 Å². The van der Waals surface area contributed by atoms with E-state index in [1.807, 2.05) is 0 Å². The van der Waals surface area contributed by atoms with E-state index in [2.05, 4.69) is 27.8 Å². The summed E-state index contributed by atoms with van der Waals surface area (Å²) in [5, 5.41) is 0.604. The Morgan fingerprint density at radius 3 is 2.67 bits per heavy atom. The maximum Gasteiger partial charge on any atom is 0.414 e. The van der Waals surface area contributed by atoms with Gasteiger partial charge in [0.25, 0.3) is 0 Å². The van der Waals surface area contributed by atoms with Crippen molar-refractivity contribution in [2.75, 3.05) is 18.1 Å². The molecule has 1 amide bonds. The Hall–Kier alpha value is -2.74. The summed E-state index contributed by atoms with van der Waals surface area (Å²) in [6, 6.07) is 7.74. The van der Waals surface area contributed by atoms with Crippen LogP contribution < -0.4 is 4.90 Å². The van der Waals surface area contributed by atoms with E-state index < -0.39 is 17.8 Å². The average molecular weight is 477 g/mol. The first-order chi connectivity index (χ1) is 14.5. The van der Waals surface area contributed by atoms with Crippen LogP contribution in [0.4, 0.5) is 14.9 Å². The second kappa shape index (κ2) is 9.84. The third-order valence-corrected chi connectivity index (χ3v) is 5.06. The van der Waals surface area contributed by atoms with Gasteiger partial charge < -0.3 is 9.15 Å². The summed E-state index contributed by atoms with van der Waals surface area (Å²) in [4.78, 5) is 31.0. The van der Waals surface area contributed by atoms with Crippen LogP contribution in [0.2, 0.25) is 0 Å². The van der Waals surface area contributed by atoms with Crippen LogP contribution in [-0.2, 0) is 4.74 Å². The van der Waals surface area contributed by atoms with E-state index in [4.69, 9.17) is 9.15 Å². The molecule has 0 fully saturated rings. The Morgan fingerprint density at radius 2 is 2.00 bits per heavy atom. The Kier molecular flexibility index (Phi) is 7.20. The molecule has 2 aromatic heterocycles. The predicted octanol–water partition coefficient (Wildman–Crippen LogP) is 6.11. The average Bonchev–Trinajstić information content (AvgIpc) is 3.09. The minimum Gasteiger partial charge on any atom is -0.450 e. The normalized spacial score (nSPS) is 10.9. The summed E-state index contributed by atoms with van der Waals surface area (Å²) >= 11 is 3.43. The molecule has 6 nitrogen and oxygen atoms in total. The van der Waals surface area contributed by atoms with Crippen LogP contribution >= 0.6 is 15.9 Å². The summed E-state index contributed by atoms with van der Waals surface area (Å²) in [7, 11) is 0.